The molecule has 0 amide bonds. The van der Waals surface area contributed by atoms with Gasteiger partial charge in [-0.2, -0.15) is 26.3 Å². The summed E-state index contributed by atoms with van der Waals surface area (Å²) in [7, 11) is -4.67. The second-order valence-corrected chi connectivity index (χ2v) is 6.54. The molecule has 1 heterocycles. The lowest BCUT2D eigenvalue weighted by Crippen LogP contribution is -2.43. The third-order valence-electron chi connectivity index (χ3n) is 3.00. The van der Waals surface area contributed by atoms with E-state index in [4.69, 9.17) is 0 Å². The monoisotopic (exact) mass is 375 g/mol. The van der Waals surface area contributed by atoms with Gasteiger partial charge in [-0.3, -0.25) is 4.99 Å². The number of guanidine groups is 1. The van der Waals surface area contributed by atoms with Crippen LogP contribution in [0.15, 0.2) is 28.1 Å². The van der Waals surface area contributed by atoms with Crippen molar-refractivity contribution in [3.05, 3.63) is 29.3 Å². The zero-order valence-electron chi connectivity index (χ0n) is 11.8. The number of halogens is 6. The average molecular weight is 375 g/mol. The quantitative estimate of drug-likeness (QED) is 0.780. The van der Waals surface area contributed by atoms with Crippen LogP contribution in [0.1, 0.15) is 17.5 Å². The van der Waals surface area contributed by atoms with E-state index in [2.05, 4.69) is 10.3 Å². The van der Waals surface area contributed by atoms with Gasteiger partial charge in [0, 0.05) is 13.1 Å². The maximum absolute atomic E-state index is 12.8. The lowest BCUT2D eigenvalue weighted by atomic mass is 10.1. The molecule has 1 aliphatic heterocycles. The third-order valence-corrected chi connectivity index (χ3v) is 4.32. The minimum atomic E-state index is -5.13. The molecular weight excluding hydrogens is 364 g/mol. The molecular formula is C12H11F6N3O2S. The van der Waals surface area contributed by atoms with Gasteiger partial charge in [0.1, 0.15) is 0 Å². The highest BCUT2D eigenvalue weighted by molar-refractivity contribution is 7.90. The van der Waals surface area contributed by atoms with Gasteiger partial charge in [-0.25, -0.2) is 13.1 Å². The Bertz CT molecular complexity index is 723. The molecule has 0 aliphatic carbocycles. The van der Waals surface area contributed by atoms with E-state index in [1.165, 1.54) is 0 Å². The molecule has 2 N–H and O–H groups in total. The molecule has 0 spiro atoms. The first-order valence-corrected chi connectivity index (χ1v) is 7.98. The molecule has 1 aromatic rings. The first-order valence-electron chi connectivity index (χ1n) is 6.50. The molecule has 0 atom stereocenters. The van der Waals surface area contributed by atoms with Gasteiger partial charge >= 0.3 is 12.4 Å². The van der Waals surface area contributed by atoms with Crippen molar-refractivity contribution in [3.8, 4) is 0 Å². The molecule has 5 nitrogen and oxygen atoms in total. The predicted octanol–water partition coefficient (Wildman–Crippen LogP) is 2.35. The largest absolute Gasteiger partial charge is 0.416 e. The SMILES string of the molecule is O=S(=O)(NC1=NCCCN1)c1cc(C(F)(F)F)cc(C(F)(F)F)c1. The molecule has 134 valence electrons. The third kappa shape index (κ3) is 4.30. The standard InChI is InChI=1S/C12H11F6N3O2S/c13-11(14,15)7-4-8(12(16,17)18)6-9(5-7)24(22,23)21-10-19-2-1-3-20-10/h4-6H,1-3H2,(H2,19,20,21). The summed E-state index contributed by atoms with van der Waals surface area (Å²) in [4.78, 5) is 2.60. The molecule has 1 aliphatic rings. The van der Waals surface area contributed by atoms with Crippen molar-refractivity contribution in [3.63, 3.8) is 0 Å². The van der Waals surface area contributed by atoms with E-state index in [0.717, 1.165) is 0 Å². The second-order valence-electron chi connectivity index (χ2n) is 4.86. The topological polar surface area (TPSA) is 70.6 Å². The maximum atomic E-state index is 12.8. The number of hydrogen-bond donors (Lipinski definition) is 2. The Kier molecular flexibility index (Phi) is 4.70. The summed E-state index contributed by atoms with van der Waals surface area (Å²) in [6, 6.07) is 0.136. The van der Waals surface area contributed by atoms with Crippen molar-refractivity contribution in [1.82, 2.24) is 10.0 Å². The van der Waals surface area contributed by atoms with E-state index in [1.54, 1.807) is 0 Å². The number of benzene rings is 1. The number of aliphatic imine (C=N–C) groups is 1. The maximum Gasteiger partial charge on any atom is 0.416 e. The minimum Gasteiger partial charge on any atom is -0.356 e. The predicted molar refractivity (Wildman–Crippen MR) is 71.7 cm³/mol. The molecule has 1 aromatic carbocycles. The van der Waals surface area contributed by atoms with Gasteiger partial charge in [0.25, 0.3) is 10.0 Å². The Hall–Kier alpha value is -1.98. The lowest BCUT2D eigenvalue weighted by molar-refractivity contribution is -0.143. The number of rotatable bonds is 2. The smallest absolute Gasteiger partial charge is 0.356 e. The van der Waals surface area contributed by atoms with Crippen molar-refractivity contribution in [1.29, 1.82) is 0 Å². The van der Waals surface area contributed by atoms with Crippen LogP contribution < -0.4 is 10.0 Å². The zero-order valence-corrected chi connectivity index (χ0v) is 12.6. The minimum absolute atomic E-state index is 0.140. The van der Waals surface area contributed by atoms with Crippen molar-refractivity contribution in [2.24, 2.45) is 4.99 Å². The summed E-state index contributed by atoms with van der Waals surface area (Å²) < 4.78 is 103. The van der Waals surface area contributed by atoms with Crippen molar-refractivity contribution >= 4 is 16.0 Å². The van der Waals surface area contributed by atoms with Crippen LogP contribution in [-0.2, 0) is 22.4 Å². The fraction of sp³-hybridized carbons (Fsp3) is 0.417. The number of hydrogen-bond acceptors (Lipinski definition) is 4. The summed E-state index contributed by atoms with van der Waals surface area (Å²) in [5.74, 6) is -0.229. The molecule has 2 rings (SSSR count). The highest BCUT2D eigenvalue weighted by Crippen LogP contribution is 2.37. The molecule has 0 saturated carbocycles. The Morgan fingerprint density at radius 1 is 1.00 bits per heavy atom. The molecule has 0 fully saturated rings. The van der Waals surface area contributed by atoms with Crippen LogP contribution in [0.4, 0.5) is 26.3 Å². The first kappa shape index (κ1) is 18.4. The number of alkyl halides is 6. The van der Waals surface area contributed by atoms with E-state index in [-0.39, 0.29) is 30.7 Å². The van der Waals surface area contributed by atoms with Gasteiger partial charge in [-0.05, 0) is 24.6 Å². The van der Waals surface area contributed by atoms with Gasteiger partial charge in [-0.15, -0.1) is 0 Å². The van der Waals surface area contributed by atoms with Crippen molar-refractivity contribution in [2.45, 2.75) is 23.7 Å². The summed E-state index contributed by atoms with van der Waals surface area (Å²) >= 11 is 0. The fourth-order valence-electron chi connectivity index (χ4n) is 1.87. The second kappa shape index (κ2) is 6.15. The van der Waals surface area contributed by atoms with Gasteiger partial charge < -0.3 is 5.32 Å². The fourth-order valence-corrected chi connectivity index (χ4v) is 2.94. The van der Waals surface area contributed by atoms with Gasteiger partial charge in [0.15, 0.2) is 0 Å². The van der Waals surface area contributed by atoms with E-state index >= 15 is 0 Å². The molecule has 0 unspecified atom stereocenters. The number of nitrogens with one attached hydrogen (secondary N) is 2. The normalized spacial score (nSPS) is 16.3. The van der Waals surface area contributed by atoms with E-state index in [0.29, 0.717) is 13.0 Å². The molecule has 0 saturated heterocycles. The van der Waals surface area contributed by atoms with E-state index in [1.807, 2.05) is 4.72 Å². The number of nitrogens with zero attached hydrogens (tertiary/aromatic N) is 1. The van der Waals surface area contributed by atoms with E-state index in [9.17, 15) is 34.8 Å². The van der Waals surface area contributed by atoms with E-state index < -0.39 is 38.4 Å². The van der Waals surface area contributed by atoms with Gasteiger partial charge in [0.2, 0.25) is 5.96 Å². The van der Waals surface area contributed by atoms with Crippen LogP contribution >= 0.6 is 0 Å². The molecule has 24 heavy (non-hydrogen) atoms. The Morgan fingerprint density at radius 3 is 1.96 bits per heavy atom. The van der Waals surface area contributed by atoms with Gasteiger partial charge in [0.05, 0.1) is 16.0 Å². The average Bonchev–Trinajstić information content (AvgIpc) is 2.45. The van der Waals surface area contributed by atoms with Gasteiger partial charge in [-0.1, -0.05) is 0 Å². The molecule has 0 bridgehead atoms. The molecule has 0 aromatic heterocycles. The van der Waals surface area contributed by atoms with Crippen LogP contribution in [0.25, 0.3) is 0 Å². The highest BCUT2D eigenvalue weighted by atomic mass is 32.2. The summed E-state index contributed by atoms with van der Waals surface area (Å²) in [5, 5.41) is 2.55. The van der Waals surface area contributed by atoms with Crippen LogP contribution in [0, 0.1) is 0 Å². The summed E-state index contributed by atoms with van der Waals surface area (Å²) in [6.07, 6.45) is -9.65. The molecule has 12 heteroatoms. The Morgan fingerprint density at radius 2 is 1.54 bits per heavy atom. The summed E-state index contributed by atoms with van der Waals surface area (Å²) in [6.45, 7) is 0.652. The zero-order chi connectivity index (χ0) is 18.2. The molecule has 0 radical (unpaired) electrons. The van der Waals surface area contributed by atoms with Crippen LogP contribution in [-0.4, -0.2) is 27.5 Å². The Labute approximate surface area is 132 Å². The number of sulfonamides is 1. The van der Waals surface area contributed by atoms with Crippen LogP contribution in [0.5, 0.6) is 0 Å². The van der Waals surface area contributed by atoms with Crippen LogP contribution in [0.2, 0.25) is 0 Å². The van der Waals surface area contributed by atoms with Crippen LogP contribution in [0.3, 0.4) is 0 Å². The van der Waals surface area contributed by atoms with Crippen molar-refractivity contribution < 1.29 is 34.8 Å². The lowest BCUT2D eigenvalue weighted by Gasteiger charge is -2.18. The highest BCUT2D eigenvalue weighted by Gasteiger charge is 2.38. The summed E-state index contributed by atoms with van der Waals surface area (Å²) in [5.41, 5.74) is -3.42. The Balaban J connectivity index is 2.49. The van der Waals surface area contributed by atoms with Crippen molar-refractivity contribution in [2.75, 3.05) is 13.1 Å². The first-order chi connectivity index (χ1) is 10.9.